The standard InChI is InChI=1S/C20H19F3N6O2/c1-11-10-28(9-8-24-11)18-12-4-2-3-5-13(12)29(27-18)14-6-7-25-17-15(14)16(20(21,22)23)31-19(30)26-17/h2-7,11,16,24H,8-10H2,1H3,(H,25,26,30)/t11-,16+/m0/s1. The highest BCUT2D eigenvalue weighted by atomic mass is 19.4. The van der Waals surface area contributed by atoms with E-state index in [2.05, 4.69) is 32.2 Å². The number of para-hydroxylation sites is 1. The summed E-state index contributed by atoms with van der Waals surface area (Å²) >= 11 is 0. The van der Waals surface area contributed by atoms with E-state index in [1.54, 1.807) is 12.1 Å². The number of nitrogens with zero attached hydrogens (tertiary/aromatic N) is 4. The molecular weight excluding hydrogens is 413 g/mol. The van der Waals surface area contributed by atoms with Crippen LogP contribution in [0.15, 0.2) is 36.5 Å². The molecule has 5 rings (SSSR count). The van der Waals surface area contributed by atoms with E-state index in [-0.39, 0.29) is 23.1 Å². The van der Waals surface area contributed by atoms with Gasteiger partial charge in [-0.3, -0.25) is 5.32 Å². The molecule has 1 aromatic carbocycles. The zero-order valence-electron chi connectivity index (χ0n) is 16.5. The fraction of sp³-hybridized carbons (Fsp3) is 0.350. The number of rotatable bonds is 2. The van der Waals surface area contributed by atoms with Crippen LogP contribution in [0.3, 0.4) is 0 Å². The number of amides is 1. The molecule has 162 valence electrons. The van der Waals surface area contributed by atoms with Gasteiger partial charge in [-0.15, -0.1) is 5.10 Å². The number of cyclic esters (lactones) is 1. The highest BCUT2D eigenvalue weighted by Gasteiger charge is 2.49. The number of nitrogens with one attached hydrogen (secondary N) is 2. The maximum absolute atomic E-state index is 13.8. The van der Waals surface area contributed by atoms with E-state index in [1.807, 2.05) is 12.1 Å². The van der Waals surface area contributed by atoms with E-state index >= 15 is 0 Å². The molecule has 0 radical (unpaired) electrons. The average Bonchev–Trinajstić information content (AvgIpc) is 3.11. The number of aromatic nitrogens is 3. The molecular formula is C20H19F3N6O2. The summed E-state index contributed by atoms with van der Waals surface area (Å²) in [5, 5.41) is 11.2. The molecule has 11 heteroatoms. The van der Waals surface area contributed by atoms with Gasteiger partial charge in [0.1, 0.15) is 5.82 Å². The SMILES string of the molecule is C[C@H]1CN(c2nn(-c3ccnc4c3[C@H](C(F)(F)F)OC(=O)N4)c3ccccc23)CCN1. The van der Waals surface area contributed by atoms with E-state index in [0.717, 1.165) is 25.0 Å². The molecule has 2 aliphatic heterocycles. The van der Waals surface area contributed by atoms with Crippen molar-refractivity contribution < 1.29 is 22.7 Å². The number of anilines is 2. The molecule has 1 amide bonds. The number of carbonyl (C=O) groups excluding carboxylic acids is 1. The molecule has 0 saturated carbocycles. The van der Waals surface area contributed by atoms with Gasteiger partial charge < -0.3 is 15.0 Å². The van der Waals surface area contributed by atoms with Gasteiger partial charge in [0, 0.05) is 37.3 Å². The van der Waals surface area contributed by atoms with Crippen molar-refractivity contribution in [2.24, 2.45) is 0 Å². The molecule has 0 aliphatic carbocycles. The number of ether oxygens (including phenoxy) is 1. The summed E-state index contributed by atoms with van der Waals surface area (Å²) in [5.41, 5.74) is 0.524. The highest BCUT2D eigenvalue weighted by molar-refractivity contribution is 5.93. The molecule has 31 heavy (non-hydrogen) atoms. The van der Waals surface area contributed by atoms with Crippen molar-refractivity contribution in [1.29, 1.82) is 0 Å². The number of piperazine rings is 1. The van der Waals surface area contributed by atoms with E-state index in [0.29, 0.717) is 11.3 Å². The van der Waals surface area contributed by atoms with E-state index in [4.69, 9.17) is 5.10 Å². The Hall–Kier alpha value is -3.34. The first-order chi connectivity index (χ1) is 14.8. The van der Waals surface area contributed by atoms with Crippen LogP contribution in [-0.4, -0.2) is 52.7 Å². The summed E-state index contributed by atoms with van der Waals surface area (Å²) in [5.74, 6) is 0.506. The van der Waals surface area contributed by atoms with Gasteiger partial charge in [0.25, 0.3) is 0 Å². The number of hydrogen-bond acceptors (Lipinski definition) is 6. The number of fused-ring (bicyclic) bond motifs is 2. The number of hydrogen-bond donors (Lipinski definition) is 2. The van der Waals surface area contributed by atoms with Crippen molar-refractivity contribution in [2.45, 2.75) is 25.2 Å². The quantitative estimate of drug-likeness (QED) is 0.646. The van der Waals surface area contributed by atoms with Crippen molar-refractivity contribution in [1.82, 2.24) is 20.1 Å². The second kappa shape index (κ2) is 7.12. The van der Waals surface area contributed by atoms with Gasteiger partial charge in [0.05, 0.1) is 16.8 Å². The molecule has 8 nitrogen and oxygen atoms in total. The molecule has 2 aliphatic rings. The van der Waals surface area contributed by atoms with Gasteiger partial charge in [0.2, 0.25) is 6.10 Å². The lowest BCUT2D eigenvalue weighted by Gasteiger charge is -2.32. The average molecular weight is 432 g/mol. The first kappa shape index (κ1) is 19.6. The van der Waals surface area contributed by atoms with Crippen LogP contribution in [0.5, 0.6) is 0 Å². The maximum atomic E-state index is 13.8. The minimum absolute atomic E-state index is 0.151. The fourth-order valence-electron chi connectivity index (χ4n) is 4.12. The van der Waals surface area contributed by atoms with Crippen molar-refractivity contribution in [3.8, 4) is 5.69 Å². The second-order valence-corrected chi connectivity index (χ2v) is 7.60. The van der Waals surface area contributed by atoms with Gasteiger partial charge >= 0.3 is 12.3 Å². The van der Waals surface area contributed by atoms with Crippen LogP contribution in [0.4, 0.5) is 29.6 Å². The fourth-order valence-corrected chi connectivity index (χ4v) is 4.12. The molecule has 2 aromatic heterocycles. The van der Waals surface area contributed by atoms with Crippen molar-refractivity contribution >= 4 is 28.6 Å². The van der Waals surface area contributed by atoms with Crippen LogP contribution >= 0.6 is 0 Å². The Balaban J connectivity index is 1.71. The van der Waals surface area contributed by atoms with Crippen LogP contribution < -0.4 is 15.5 Å². The van der Waals surface area contributed by atoms with Gasteiger partial charge in [0.15, 0.2) is 5.82 Å². The number of pyridine rings is 1. The molecule has 3 aromatic rings. The molecule has 1 fully saturated rings. The maximum Gasteiger partial charge on any atom is 0.430 e. The van der Waals surface area contributed by atoms with Crippen molar-refractivity contribution in [3.63, 3.8) is 0 Å². The van der Waals surface area contributed by atoms with Crippen LogP contribution in [0.1, 0.15) is 18.6 Å². The number of halogens is 3. The van der Waals surface area contributed by atoms with Gasteiger partial charge in [-0.1, -0.05) is 12.1 Å². The number of alkyl halides is 3. The largest absolute Gasteiger partial charge is 0.431 e. The van der Waals surface area contributed by atoms with Gasteiger partial charge in [-0.2, -0.15) is 13.2 Å². The third kappa shape index (κ3) is 3.34. The van der Waals surface area contributed by atoms with Crippen LogP contribution in [0.25, 0.3) is 16.6 Å². The molecule has 2 N–H and O–H groups in total. The lowest BCUT2D eigenvalue weighted by atomic mass is 10.1. The summed E-state index contributed by atoms with van der Waals surface area (Å²) in [6.45, 7) is 4.30. The summed E-state index contributed by atoms with van der Waals surface area (Å²) in [4.78, 5) is 17.7. The molecule has 0 spiro atoms. The highest BCUT2D eigenvalue weighted by Crippen LogP contribution is 2.44. The van der Waals surface area contributed by atoms with Crippen LogP contribution in [-0.2, 0) is 4.74 Å². The predicted octanol–water partition coefficient (Wildman–Crippen LogP) is 3.38. The van der Waals surface area contributed by atoms with E-state index in [1.165, 1.54) is 16.9 Å². The summed E-state index contributed by atoms with van der Waals surface area (Å²) in [6.07, 6.45) is -7.09. The Morgan fingerprint density at radius 2 is 2.03 bits per heavy atom. The first-order valence-corrected chi connectivity index (χ1v) is 9.82. The number of carbonyl (C=O) groups is 1. The Kier molecular flexibility index (Phi) is 4.50. The Labute approximate surface area is 175 Å². The minimum atomic E-state index is -4.80. The minimum Gasteiger partial charge on any atom is -0.431 e. The zero-order valence-corrected chi connectivity index (χ0v) is 16.5. The summed E-state index contributed by atoms with van der Waals surface area (Å²) < 4.78 is 47.4. The third-order valence-corrected chi connectivity index (χ3v) is 5.44. The molecule has 1 saturated heterocycles. The second-order valence-electron chi connectivity index (χ2n) is 7.60. The Morgan fingerprint density at radius 3 is 2.81 bits per heavy atom. The Bertz CT molecular complexity index is 1160. The molecule has 2 atom stereocenters. The normalized spacial score (nSPS) is 21.5. The topological polar surface area (TPSA) is 84.3 Å². The van der Waals surface area contributed by atoms with E-state index in [9.17, 15) is 18.0 Å². The van der Waals surface area contributed by atoms with Gasteiger partial charge in [-0.05, 0) is 25.1 Å². The summed E-state index contributed by atoms with van der Waals surface area (Å²) in [7, 11) is 0. The molecule has 0 unspecified atom stereocenters. The van der Waals surface area contributed by atoms with Gasteiger partial charge in [-0.25, -0.2) is 14.5 Å². The first-order valence-electron chi connectivity index (χ1n) is 9.82. The van der Waals surface area contributed by atoms with E-state index < -0.39 is 18.4 Å². The zero-order chi connectivity index (χ0) is 21.8. The third-order valence-electron chi connectivity index (χ3n) is 5.44. The van der Waals surface area contributed by atoms with Crippen LogP contribution in [0.2, 0.25) is 0 Å². The smallest absolute Gasteiger partial charge is 0.430 e. The lowest BCUT2D eigenvalue weighted by molar-refractivity contribution is -0.206. The monoisotopic (exact) mass is 432 g/mol. The number of benzene rings is 1. The predicted molar refractivity (Wildman–Crippen MR) is 107 cm³/mol. The summed E-state index contributed by atoms with van der Waals surface area (Å²) in [6, 6.07) is 9.07. The molecule has 4 heterocycles. The lowest BCUT2D eigenvalue weighted by Crippen LogP contribution is -2.49. The van der Waals surface area contributed by atoms with Crippen molar-refractivity contribution in [2.75, 3.05) is 29.9 Å². The van der Waals surface area contributed by atoms with Crippen LogP contribution in [0, 0.1) is 0 Å². The molecule has 0 bridgehead atoms. The van der Waals surface area contributed by atoms with Crippen molar-refractivity contribution in [3.05, 3.63) is 42.1 Å². The Morgan fingerprint density at radius 1 is 1.23 bits per heavy atom.